The van der Waals surface area contributed by atoms with Gasteiger partial charge in [-0.2, -0.15) is 5.10 Å². The molecule has 1 aromatic rings. The molecular weight excluding hydrogens is 310 g/mol. The summed E-state index contributed by atoms with van der Waals surface area (Å²) < 4.78 is 1.41. The molecule has 132 valence electrons. The second kappa shape index (κ2) is 6.90. The summed E-state index contributed by atoms with van der Waals surface area (Å²) in [6, 6.07) is 2.15. The zero-order valence-electron chi connectivity index (χ0n) is 14.2. The molecule has 0 spiro atoms. The minimum atomic E-state index is -0.702. The Balaban J connectivity index is 1.63. The molecule has 8 nitrogen and oxygen atoms in total. The lowest BCUT2D eigenvalue weighted by atomic mass is 10.0. The molecule has 8 heteroatoms. The summed E-state index contributed by atoms with van der Waals surface area (Å²) in [5.74, 6) is -0.579. The van der Waals surface area contributed by atoms with Crippen molar-refractivity contribution in [3.8, 4) is 0 Å². The van der Waals surface area contributed by atoms with Crippen LogP contribution in [0.2, 0.25) is 0 Å². The summed E-state index contributed by atoms with van der Waals surface area (Å²) in [7, 11) is 0. The van der Waals surface area contributed by atoms with Crippen molar-refractivity contribution in [3.05, 3.63) is 17.5 Å². The third kappa shape index (κ3) is 3.59. The van der Waals surface area contributed by atoms with Gasteiger partial charge in [-0.15, -0.1) is 0 Å². The van der Waals surface area contributed by atoms with Crippen LogP contribution < -0.4 is 10.6 Å². The van der Waals surface area contributed by atoms with Gasteiger partial charge in [-0.05, 0) is 26.7 Å². The quantitative estimate of drug-likeness (QED) is 0.697. The van der Waals surface area contributed by atoms with Gasteiger partial charge >= 0.3 is 0 Å². The Hall–Kier alpha value is -1.93. The number of nitrogens with zero attached hydrogens (tertiary/aromatic N) is 3. The fourth-order valence-electron chi connectivity index (χ4n) is 3.23. The van der Waals surface area contributed by atoms with E-state index in [4.69, 9.17) is 0 Å². The van der Waals surface area contributed by atoms with Gasteiger partial charge in [-0.3, -0.25) is 14.3 Å². The Bertz CT molecular complexity index is 619. The fourth-order valence-corrected chi connectivity index (χ4v) is 3.23. The zero-order chi connectivity index (χ0) is 17.3. The molecule has 0 aromatic carbocycles. The van der Waals surface area contributed by atoms with Crippen molar-refractivity contribution in [1.29, 1.82) is 0 Å². The first-order chi connectivity index (χ1) is 11.4. The third-order valence-corrected chi connectivity index (χ3v) is 4.72. The Morgan fingerprint density at radius 1 is 1.42 bits per heavy atom. The largest absolute Gasteiger partial charge is 0.389 e. The van der Waals surface area contributed by atoms with Crippen molar-refractivity contribution in [2.75, 3.05) is 19.6 Å². The maximum absolute atomic E-state index is 12.4. The number of aromatic nitrogens is 2. The van der Waals surface area contributed by atoms with E-state index in [9.17, 15) is 14.7 Å². The molecule has 2 amide bonds. The van der Waals surface area contributed by atoms with E-state index in [2.05, 4.69) is 34.5 Å². The van der Waals surface area contributed by atoms with Crippen LogP contribution in [0.25, 0.3) is 0 Å². The highest BCUT2D eigenvalue weighted by atomic mass is 16.3. The molecule has 3 heterocycles. The number of rotatable bonds is 3. The number of β-amino-alcohol motifs (C(OH)–C–C–N with tert-alkyl or cyclic N) is 1. The SMILES string of the molecule is CC(C)N1CCC(NC(=O)c2cc3n(n2)C[C@@H](O)CNC3=O)CC1. The summed E-state index contributed by atoms with van der Waals surface area (Å²) in [6.45, 7) is 6.69. The zero-order valence-corrected chi connectivity index (χ0v) is 14.2. The second-order valence-electron chi connectivity index (χ2n) is 6.84. The van der Waals surface area contributed by atoms with Gasteiger partial charge < -0.3 is 20.6 Å². The first-order valence-electron chi connectivity index (χ1n) is 8.53. The average Bonchev–Trinajstić information content (AvgIpc) is 2.91. The maximum Gasteiger partial charge on any atom is 0.272 e. The van der Waals surface area contributed by atoms with Crippen molar-refractivity contribution in [3.63, 3.8) is 0 Å². The van der Waals surface area contributed by atoms with E-state index in [0.29, 0.717) is 11.7 Å². The van der Waals surface area contributed by atoms with Crippen LogP contribution in [0.15, 0.2) is 6.07 Å². The van der Waals surface area contributed by atoms with E-state index in [1.165, 1.54) is 10.7 Å². The average molecular weight is 335 g/mol. The van der Waals surface area contributed by atoms with Crippen LogP contribution in [0.4, 0.5) is 0 Å². The van der Waals surface area contributed by atoms with E-state index in [1.54, 1.807) is 0 Å². The van der Waals surface area contributed by atoms with Gasteiger partial charge in [0.1, 0.15) is 5.69 Å². The number of likely N-dealkylation sites (tertiary alicyclic amines) is 1. The van der Waals surface area contributed by atoms with E-state index in [1.807, 2.05) is 0 Å². The lowest BCUT2D eigenvalue weighted by Gasteiger charge is -2.34. The predicted octanol–water partition coefficient (Wildman–Crippen LogP) is -0.410. The number of nitrogens with one attached hydrogen (secondary N) is 2. The number of fused-ring (bicyclic) bond motifs is 1. The maximum atomic E-state index is 12.4. The van der Waals surface area contributed by atoms with Crippen molar-refractivity contribution in [1.82, 2.24) is 25.3 Å². The van der Waals surface area contributed by atoms with E-state index in [0.717, 1.165) is 25.9 Å². The normalized spacial score (nSPS) is 22.8. The van der Waals surface area contributed by atoms with Crippen molar-refractivity contribution in [2.24, 2.45) is 0 Å². The molecule has 1 aromatic heterocycles. The highest BCUT2D eigenvalue weighted by molar-refractivity contribution is 5.98. The number of aliphatic hydroxyl groups excluding tert-OH is 1. The van der Waals surface area contributed by atoms with Crippen LogP contribution in [-0.2, 0) is 6.54 Å². The number of amides is 2. The molecule has 3 rings (SSSR count). The fraction of sp³-hybridized carbons (Fsp3) is 0.688. The lowest BCUT2D eigenvalue weighted by molar-refractivity contribution is 0.0893. The molecule has 1 atom stereocenters. The van der Waals surface area contributed by atoms with Gasteiger partial charge in [0, 0.05) is 37.8 Å². The predicted molar refractivity (Wildman–Crippen MR) is 87.8 cm³/mol. The first kappa shape index (κ1) is 16.9. The number of carbonyl (C=O) groups is 2. The van der Waals surface area contributed by atoms with Crippen LogP contribution in [0.3, 0.4) is 0 Å². The van der Waals surface area contributed by atoms with Crippen LogP contribution in [0.5, 0.6) is 0 Å². The smallest absolute Gasteiger partial charge is 0.272 e. The Morgan fingerprint density at radius 3 is 2.79 bits per heavy atom. The molecule has 0 saturated carbocycles. The minimum absolute atomic E-state index is 0.133. The Morgan fingerprint density at radius 2 is 2.12 bits per heavy atom. The lowest BCUT2D eigenvalue weighted by Crippen LogP contribution is -2.46. The molecule has 3 N–H and O–H groups in total. The van der Waals surface area contributed by atoms with E-state index < -0.39 is 6.10 Å². The number of aliphatic hydroxyl groups is 1. The molecule has 2 aliphatic rings. The molecule has 0 radical (unpaired) electrons. The van der Waals surface area contributed by atoms with E-state index >= 15 is 0 Å². The summed E-state index contributed by atoms with van der Waals surface area (Å²) in [5.41, 5.74) is 0.534. The van der Waals surface area contributed by atoms with Gasteiger partial charge in [-0.1, -0.05) is 0 Å². The number of hydrogen-bond acceptors (Lipinski definition) is 5. The molecule has 0 aliphatic carbocycles. The Kier molecular flexibility index (Phi) is 4.86. The van der Waals surface area contributed by atoms with E-state index in [-0.39, 0.29) is 36.6 Å². The molecule has 1 fully saturated rings. The van der Waals surface area contributed by atoms with Gasteiger partial charge in [0.15, 0.2) is 5.69 Å². The highest BCUT2D eigenvalue weighted by Gasteiger charge is 2.26. The minimum Gasteiger partial charge on any atom is -0.389 e. The first-order valence-corrected chi connectivity index (χ1v) is 8.53. The van der Waals surface area contributed by atoms with Crippen LogP contribution >= 0.6 is 0 Å². The van der Waals surface area contributed by atoms with Crippen molar-refractivity contribution < 1.29 is 14.7 Å². The third-order valence-electron chi connectivity index (χ3n) is 4.72. The molecule has 1 saturated heterocycles. The highest BCUT2D eigenvalue weighted by Crippen LogP contribution is 2.14. The van der Waals surface area contributed by atoms with Gasteiger partial charge in [0.05, 0.1) is 12.6 Å². The van der Waals surface area contributed by atoms with Crippen molar-refractivity contribution in [2.45, 2.75) is 51.4 Å². The van der Waals surface area contributed by atoms with Gasteiger partial charge in [-0.25, -0.2) is 0 Å². The molecule has 0 unspecified atom stereocenters. The summed E-state index contributed by atoms with van der Waals surface area (Å²) in [6.07, 6.45) is 1.12. The molecule has 0 bridgehead atoms. The topological polar surface area (TPSA) is 99.5 Å². The second-order valence-corrected chi connectivity index (χ2v) is 6.84. The van der Waals surface area contributed by atoms with Crippen LogP contribution in [0.1, 0.15) is 47.7 Å². The Labute approximate surface area is 141 Å². The molecule has 2 aliphatic heterocycles. The number of piperidine rings is 1. The molecule has 24 heavy (non-hydrogen) atoms. The summed E-state index contributed by atoms with van der Waals surface area (Å²) >= 11 is 0. The number of carbonyl (C=O) groups excluding carboxylic acids is 2. The monoisotopic (exact) mass is 335 g/mol. The number of hydrogen-bond donors (Lipinski definition) is 3. The van der Waals surface area contributed by atoms with Gasteiger partial charge in [0.2, 0.25) is 0 Å². The van der Waals surface area contributed by atoms with Crippen LogP contribution in [-0.4, -0.2) is 69.4 Å². The summed E-state index contributed by atoms with van der Waals surface area (Å²) in [4.78, 5) is 26.8. The van der Waals surface area contributed by atoms with Crippen LogP contribution in [0, 0.1) is 0 Å². The van der Waals surface area contributed by atoms with Gasteiger partial charge in [0.25, 0.3) is 11.8 Å². The standard InChI is InChI=1S/C16H25N5O3/c1-10(2)20-5-3-11(4-6-20)18-15(23)13-7-14-16(24)17-8-12(22)9-21(14)19-13/h7,10-12,22H,3-6,8-9H2,1-2H3,(H,17,24)(H,18,23)/t12-/m0/s1. The van der Waals surface area contributed by atoms with Crippen molar-refractivity contribution >= 4 is 11.8 Å². The molecular formula is C16H25N5O3. The summed E-state index contributed by atoms with van der Waals surface area (Å²) in [5, 5.41) is 19.6.